The lowest BCUT2D eigenvalue weighted by atomic mass is 10.2. The average Bonchev–Trinajstić information content (AvgIpc) is 3.12. The monoisotopic (exact) mass is 290 g/mol. The summed E-state index contributed by atoms with van der Waals surface area (Å²) in [6.45, 7) is 1.46. The summed E-state index contributed by atoms with van der Waals surface area (Å²) in [6, 6.07) is 8.12. The highest BCUT2D eigenvalue weighted by Gasteiger charge is 2.16. The van der Waals surface area contributed by atoms with E-state index in [1.165, 1.54) is 5.39 Å². The van der Waals surface area contributed by atoms with E-state index < -0.39 is 0 Å². The molecule has 1 aromatic heterocycles. The van der Waals surface area contributed by atoms with Crippen LogP contribution in [0.4, 0.5) is 0 Å². The molecule has 1 aliphatic rings. The van der Waals surface area contributed by atoms with Gasteiger partial charge in [-0.25, -0.2) is 0 Å². The third-order valence-electron chi connectivity index (χ3n) is 3.46. The maximum absolute atomic E-state index is 11.8. The Kier molecular flexibility index (Phi) is 4.28. The molecule has 0 radical (unpaired) electrons. The van der Waals surface area contributed by atoms with E-state index in [4.69, 9.17) is 4.74 Å². The van der Waals surface area contributed by atoms with Crippen molar-refractivity contribution in [3.63, 3.8) is 0 Å². The SMILES string of the molecule is O=C(CSc1c[nH]c2ccccc12)NC[C@@H]1CCCO1. The summed E-state index contributed by atoms with van der Waals surface area (Å²) in [6.07, 6.45) is 4.32. The van der Waals surface area contributed by atoms with Crippen LogP contribution in [0.15, 0.2) is 35.4 Å². The first-order chi connectivity index (χ1) is 9.83. The highest BCUT2D eigenvalue weighted by Crippen LogP contribution is 2.27. The molecule has 1 amide bonds. The zero-order chi connectivity index (χ0) is 13.8. The molecule has 0 saturated carbocycles. The highest BCUT2D eigenvalue weighted by atomic mass is 32.2. The quantitative estimate of drug-likeness (QED) is 0.832. The van der Waals surface area contributed by atoms with Crippen LogP contribution in [0, 0.1) is 0 Å². The number of para-hydroxylation sites is 1. The van der Waals surface area contributed by atoms with E-state index in [1.54, 1.807) is 11.8 Å². The minimum atomic E-state index is 0.0655. The zero-order valence-electron chi connectivity index (χ0n) is 11.2. The number of nitrogens with one attached hydrogen (secondary N) is 2. The predicted molar refractivity (Wildman–Crippen MR) is 81.0 cm³/mol. The second-order valence-electron chi connectivity index (χ2n) is 4.93. The first-order valence-electron chi connectivity index (χ1n) is 6.90. The number of hydrogen-bond donors (Lipinski definition) is 2. The van der Waals surface area contributed by atoms with Crippen molar-refractivity contribution >= 4 is 28.6 Å². The summed E-state index contributed by atoms with van der Waals surface area (Å²) in [5.41, 5.74) is 1.11. The zero-order valence-corrected chi connectivity index (χ0v) is 12.0. The van der Waals surface area contributed by atoms with Crippen molar-refractivity contribution in [3.8, 4) is 0 Å². The molecular weight excluding hydrogens is 272 g/mol. The number of rotatable bonds is 5. The minimum Gasteiger partial charge on any atom is -0.376 e. The van der Waals surface area contributed by atoms with Gasteiger partial charge >= 0.3 is 0 Å². The Bertz CT molecular complexity index is 590. The Morgan fingerprint density at radius 3 is 3.20 bits per heavy atom. The largest absolute Gasteiger partial charge is 0.376 e. The molecule has 3 rings (SSSR count). The third kappa shape index (κ3) is 3.16. The Hall–Kier alpha value is -1.46. The van der Waals surface area contributed by atoms with Crippen LogP contribution < -0.4 is 5.32 Å². The fourth-order valence-corrected chi connectivity index (χ4v) is 3.26. The molecule has 1 aromatic carbocycles. The van der Waals surface area contributed by atoms with E-state index in [1.807, 2.05) is 24.4 Å². The molecule has 1 saturated heterocycles. The number of benzene rings is 1. The summed E-state index contributed by atoms with van der Waals surface area (Å²) in [4.78, 5) is 16.2. The van der Waals surface area contributed by atoms with Crippen LogP contribution in [-0.4, -0.2) is 35.9 Å². The van der Waals surface area contributed by atoms with Gasteiger partial charge in [0.1, 0.15) is 0 Å². The molecule has 0 spiro atoms. The van der Waals surface area contributed by atoms with Gasteiger partial charge < -0.3 is 15.0 Å². The molecule has 1 fully saturated rings. The van der Waals surface area contributed by atoms with Crippen LogP contribution in [-0.2, 0) is 9.53 Å². The lowest BCUT2D eigenvalue weighted by molar-refractivity contribution is -0.119. The number of carbonyl (C=O) groups is 1. The van der Waals surface area contributed by atoms with Gasteiger partial charge in [0, 0.05) is 35.1 Å². The summed E-state index contributed by atoms with van der Waals surface area (Å²) in [5, 5.41) is 4.11. The van der Waals surface area contributed by atoms with Crippen molar-refractivity contribution < 1.29 is 9.53 Å². The number of thioether (sulfide) groups is 1. The van der Waals surface area contributed by atoms with E-state index in [-0.39, 0.29) is 12.0 Å². The third-order valence-corrected chi connectivity index (χ3v) is 4.52. The van der Waals surface area contributed by atoms with Gasteiger partial charge in [0.05, 0.1) is 11.9 Å². The second kappa shape index (κ2) is 6.33. The van der Waals surface area contributed by atoms with Gasteiger partial charge in [-0.3, -0.25) is 4.79 Å². The van der Waals surface area contributed by atoms with Gasteiger partial charge in [-0.1, -0.05) is 18.2 Å². The molecule has 2 heterocycles. The predicted octanol–water partition coefficient (Wildman–Crippen LogP) is 2.56. The van der Waals surface area contributed by atoms with E-state index in [0.29, 0.717) is 12.3 Å². The minimum absolute atomic E-state index is 0.0655. The molecule has 4 nitrogen and oxygen atoms in total. The van der Waals surface area contributed by atoms with Crippen LogP contribution in [0.2, 0.25) is 0 Å². The van der Waals surface area contributed by atoms with Crippen molar-refractivity contribution in [2.24, 2.45) is 0 Å². The van der Waals surface area contributed by atoms with Crippen molar-refractivity contribution in [2.75, 3.05) is 18.9 Å². The number of aromatic amines is 1. The Balaban J connectivity index is 1.49. The average molecular weight is 290 g/mol. The molecule has 1 aliphatic heterocycles. The molecule has 0 aliphatic carbocycles. The van der Waals surface area contributed by atoms with Crippen LogP contribution >= 0.6 is 11.8 Å². The van der Waals surface area contributed by atoms with Crippen molar-refractivity contribution in [2.45, 2.75) is 23.8 Å². The summed E-state index contributed by atoms with van der Waals surface area (Å²) >= 11 is 1.56. The van der Waals surface area contributed by atoms with E-state index >= 15 is 0 Å². The molecule has 2 N–H and O–H groups in total. The number of carbonyl (C=O) groups excluding carboxylic acids is 1. The standard InChI is InChI=1S/C15H18N2O2S/c18-15(17-8-11-4-3-7-19-11)10-20-14-9-16-13-6-2-1-5-12(13)14/h1-2,5-6,9,11,16H,3-4,7-8,10H2,(H,17,18)/t11-/m0/s1. The van der Waals surface area contributed by atoms with Gasteiger partial charge in [0.25, 0.3) is 0 Å². The van der Waals surface area contributed by atoms with E-state index in [0.717, 1.165) is 29.9 Å². The molecule has 106 valence electrons. The molecule has 20 heavy (non-hydrogen) atoms. The van der Waals surface area contributed by atoms with Crippen LogP contribution in [0.3, 0.4) is 0 Å². The number of H-pyrrole nitrogens is 1. The number of aromatic nitrogens is 1. The first-order valence-corrected chi connectivity index (χ1v) is 7.89. The van der Waals surface area contributed by atoms with Crippen LogP contribution in [0.1, 0.15) is 12.8 Å². The molecule has 1 atom stereocenters. The molecule has 0 bridgehead atoms. The van der Waals surface area contributed by atoms with Gasteiger partial charge in [-0.2, -0.15) is 0 Å². The Labute approximate surface area is 122 Å². The Morgan fingerprint density at radius 2 is 2.35 bits per heavy atom. The summed E-state index contributed by atoms with van der Waals surface area (Å²) in [7, 11) is 0. The lowest BCUT2D eigenvalue weighted by Gasteiger charge is -2.10. The first kappa shape index (κ1) is 13.5. The van der Waals surface area contributed by atoms with E-state index in [9.17, 15) is 4.79 Å². The maximum atomic E-state index is 11.8. The molecular formula is C15H18N2O2S. The Morgan fingerprint density at radius 1 is 1.45 bits per heavy atom. The molecule has 5 heteroatoms. The lowest BCUT2D eigenvalue weighted by Crippen LogP contribution is -2.32. The van der Waals surface area contributed by atoms with Gasteiger partial charge in [0.2, 0.25) is 5.91 Å². The second-order valence-corrected chi connectivity index (χ2v) is 5.94. The number of hydrogen-bond acceptors (Lipinski definition) is 3. The maximum Gasteiger partial charge on any atom is 0.230 e. The fraction of sp³-hybridized carbons (Fsp3) is 0.400. The normalized spacial score (nSPS) is 18.5. The smallest absolute Gasteiger partial charge is 0.230 e. The van der Waals surface area contributed by atoms with Crippen molar-refractivity contribution in [3.05, 3.63) is 30.5 Å². The number of amides is 1. The topological polar surface area (TPSA) is 54.1 Å². The molecule has 0 unspecified atom stereocenters. The van der Waals surface area contributed by atoms with E-state index in [2.05, 4.69) is 16.4 Å². The summed E-state index contributed by atoms with van der Waals surface area (Å²) in [5.74, 6) is 0.505. The van der Waals surface area contributed by atoms with Crippen LogP contribution in [0.25, 0.3) is 10.9 Å². The number of ether oxygens (including phenoxy) is 1. The van der Waals surface area contributed by atoms with Crippen molar-refractivity contribution in [1.29, 1.82) is 0 Å². The van der Waals surface area contributed by atoms with Crippen LogP contribution in [0.5, 0.6) is 0 Å². The van der Waals surface area contributed by atoms with Gasteiger partial charge in [-0.15, -0.1) is 11.8 Å². The van der Waals surface area contributed by atoms with Gasteiger partial charge in [-0.05, 0) is 18.9 Å². The molecule has 2 aromatic rings. The van der Waals surface area contributed by atoms with Crippen molar-refractivity contribution in [1.82, 2.24) is 10.3 Å². The summed E-state index contributed by atoms with van der Waals surface area (Å²) < 4.78 is 5.48. The van der Waals surface area contributed by atoms with Gasteiger partial charge in [0.15, 0.2) is 0 Å². The fourth-order valence-electron chi connectivity index (χ4n) is 2.39. The highest BCUT2D eigenvalue weighted by molar-refractivity contribution is 8.00. The number of fused-ring (bicyclic) bond motifs is 1.